The van der Waals surface area contributed by atoms with Crippen molar-refractivity contribution in [1.82, 2.24) is 9.88 Å². The van der Waals surface area contributed by atoms with E-state index in [1.54, 1.807) is 17.2 Å². The average Bonchev–Trinajstić information content (AvgIpc) is 2.30. The Morgan fingerprint density at radius 3 is 2.59 bits per heavy atom. The molecule has 1 aromatic heterocycles. The molecule has 1 amide bonds. The Morgan fingerprint density at radius 2 is 2.06 bits per heavy atom. The van der Waals surface area contributed by atoms with Crippen LogP contribution in [0, 0.1) is 0 Å². The second kappa shape index (κ2) is 6.08. The smallest absolute Gasteiger partial charge is 0.242 e. The summed E-state index contributed by atoms with van der Waals surface area (Å²) in [4.78, 5) is 19.5. The molecule has 0 radical (unpaired) electrons. The quantitative estimate of drug-likeness (QED) is 0.827. The van der Waals surface area contributed by atoms with E-state index in [0.717, 1.165) is 18.8 Å². The van der Waals surface area contributed by atoms with E-state index < -0.39 is 0 Å². The number of pyridine rings is 1. The monoisotopic (exact) mass is 236 g/mol. The fraction of sp³-hybridized carbons (Fsp3) is 0.500. The zero-order valence-electron chi connectivity index (χ0n) is 10.7. The summed E-state index contributed by atoms with van der Waals surface area (Å²) in [5.74, 6) is 0.581. The molecular formula is C12H20N4O. The van der Waals surface area contributed by atoms with Crippen LogP contribution in [0.1, 0.15) is 13.8 Å². The Hall–Kier alpha value is -1.78. The summed E-state index contributed by atoms with van der Waals surface area (Å²) in [7, 11) is 1.87. The summed E-state index contributed by atoms with van der Waals surface area (Å²) in [5.41, 5.74) is 6.51. The van der Waals surface area contributed by atoms with Crippen LogP contribution < -0.4 is 10.6 Å². The van der Waals surface area contributed by atoms with Gasteiger partial charge in [0.25, 0.3) is 0 Å². The van der Waals surface area contributed by atoms with Crippen LogP contribution in [0.2, 0.25) is 0 Å². The number of aromatic nitrogens is 1. The van der Waals surface area contributed by atoms with Gasteiger partial charge < -0.3 is 15.5 Å². The predicted octanol–water partition coefficient (Wildman–Crippen LogP) is 0.968. The normalized spacial score (nSPS) is 10.1. The minimum atomic E-state index is 0.118. The Kier molecular flexibility index (Phi) is 4.75. The molecule has 0 atom stereocenters. The van der Waals surface area contributed by atoms with E-state index in [2.05, 4.69) is 4.98 Å². The maximum Gasteiger partial charge on any atom is 0.242 e. The van der Waals surface area contributed by atoms with E-state index in [1.807, 2.05) is 31.9 Å². The highest BCUT2D eigenvalue weighted by Crippen LogP contribution is 2.13. The van der Waals surface area contributed by atoms with Crippen LogP contribution in [0.5, 0.6) is 0 Å². The Bertz CT molecular complexity index is 377. The van der Waals surface area contributed by atoms with Crippen LogP contribution in [-0.2, 0) is 4.79 Å². The van der Waals surface area contributed by atoms with E-state index in [0.29, 0.717) is 12.4 Å². The molecule has 17 heavy (non-hydrogen) atoms. The van der Waals surface area contributed by atoms with Crippen molar-refractivity contribution in [1.29, 1.82) is 0 Å². The number of hydrogen-bond acceptors (Lipinski definition) is 4. The number of carbonyl (C=O) groups excluding carboxylic acids is 1. The van der Waals surface area contributed by atoms with Crippen LogP contribution in [0.25, 0.3) is 0 Å². The van der Waals surface area contributed by atoms with Gasteiger partial charge in [-0.3, -0.25) is 4.79 Å². The zero-order chi connectivity index (χ0) is 12.8. The second-order valence-corrected chi connectivity index (χ2v) is 3.86. The van der Waals surface area contributed by atoms with Crippen LogP contribution >= 0.6 is 0 Å². The van der Waals surface area contributed by atoms with Gasteiger partial charge in [0, 0.05) is 38.1 Å². The fourth-order valence-electron chi connectivity index (χ4n) is 1.64. The van der Waals surface area contributed by atoms with Crippen molar-refractivity contribution in [3.8, 4) is 0 Å². The molecular weight excluding hydrogens is 216 g/mol. The van der Waals surface area contributed by atoms with Crippen LogP contribution in [0.15, 0.2) is 18.3 Å². The zero-order valence-corrected chi connectivity index (χ0v) is 10.7. The SMILES string of the molecule is CCN(CC)C(=O)CN(C)c1ccnc(N)c1. The summed E-state index contributed by atoms with van der Waals surface area (Å²) < 4.78 is 0. The maximum atomic E-state index is 11.9. The second-order valence-electron chi connectivity index (χ2n) is 3.86. The highest BCUT2D eigenvalue weighted by Gasteiger charge is 2.12. The number of nitrogens with two attached hydrogens (primary N) is 1. The van der Waals surface area contributed by atoms with Crippen molar-refractivity contribution in [2.24, 2.45) is 0 Å². The van der Waals surface area contributed by atoms with Crippen LogP contribution in [-0.4, -0.2) is 42.5 Å². The van der Waals surface area contributed by atoms with Gasteiger partial charge in [-0.25, -0.2) is 4.98 Å². The first kappa shape index (κ1) is 13.3. The molecule has 2 N–H and O–H groups in total. The van der Waals surface area contributed by atoms with Crippen molar-refractivity contribution >= 4 is 17.4 Å². The molecule has 0 saturated carbocycles. The number of hydrogen-bond donors (Lipinski definition) is 1. The first-order valence-electron chi connectivity index (χ1n) is 5.78. The molecule has 5 nitrogen and oxygen atoms in total. The number of likely N-dealkylation sites (N-methyl/N-ethyl adjacent to an activating group) is 2. The molecule has 0 aromatic carbocycles. The third-order valence-corrected chi connectivity index (χ3v) is 2.69. The lowest BCUT2D eigenvalue weighted by molar-refractivity contribution is -0.129. The Balaban J connectivity index is 2.66. The standard InChI is InChI=1S/C12H20N4O/c1-4-16(5-2)12(17)9-15(3)10-6-7-14-11(13)8-10/h6-8H,4-5,9H2,1-3H3,(H2,13,14). The first-order valence-corrected chi connectivity index (χ1v) is 5.78. The summed E-state index contributed by atoms with van der Waals surface area (Å²) in [6.07, 6.45) is 1.64. The lowest BCUT2D eigenvalue weighted by atomic mass is 10.3. The number of rotatable bonds is 5. The predicted molar refractivity (Wildman–Crippen MR) is 69.8 cm³/mol. The molecule has 0 aliphatic rings. The topological polar surface area (TPSA) is 62.5 Å². The van der Waals surface area contributed by atoms with E-state index >= 15 is 0 Å². The lowest BCUT2D eigenvalue weighted by Crippen LogP contribution is -2.38. The lowest BCUT2D eigenvalue weighted by Gasteiger charge is -2.24. The summed E-state index contributed by atoms with van der Waals surface area (Å²) in [5, 5.41) is 0. The van der Waals surface area contributed by atoms with Gasteiger partial charge in [0.05, 0.1) is 6.54 Å². The van der Waals surface area contributed by atoms with Gasteiger partial charge in [-0.1, -0.05) is 0 Å². The van der Waals surface area contributed by atoms with Gasteiger partial charge in [0.2, 0.25) is 5.91 Å². The number of nitrogen functional groups attached to an aromatic ring is 1. The molecule has 0 unspecified atom stereocenters. The van der Waals surface area contributed by atoms with Crippen LogP contribution in [0.4, 0.5) is 11.5 Å². The highest BCUT2D eigenvalue weighted by molar-refractivity contribution is 5.81. The van der Waals surface area contributed by atoms with Gasteiger partial charge in [-0.2, -0.15) is 0 Å². The van der Waals surface area contributed by atoms with Crippen molar-refractivity contribution in [2.75, 3.05) is 37.3 Å². The first-order chi connectivity index (χ1) is 8.08. The molecule has 1 aromatic rings. The van der Waals surface area contributed by atoms with E-state index in [4.69, 9.17) is 5.73 Å². The summed E-state index contributed by atoms with van der Waals surface area (Å²) >= 11 is 0. The number of nitrogens with zero attached hydrogens (tertiary/aromatic N) is 3. The number of amides is 1. The third-order valence-electron chi connectivity index (χ3n) is 2.69. The minimum absolute atomic E-state index is 0.118. The van der Waals surface area contributed by atoms with Crippen molar-refractivity contribution < 1.29 is 4.79 Å². The van der Waals surface area contributed by atoms with Gasteiger partial charge in [-0.15, -0.1) is 0 Å². The van der Waals surface area contributed by atoms with Gasteiger partial charge in [-0.05, 0) is 19.9 Å². The number of anilines is 2. The molecule has 5 heteroatoms. The molecule has 0 spiro atoms. The third kappa shape index (κ3) is 3.62. The fourth-order valence-corrected chi connectivity index (χ4v) is 1.64. The molecule has 0 saturated heterocycles. The highest BCUT2D eigenvalue weighted by atomic mass is 16.2. The Labute approximate surface area is 102 Å². The van der Waals surface area contributed by atoms with E-state index in [-0.39, 0.29) is 5.91 Å². The molecule has 1 rings (SSSR count). The molecule has 0 aliphatic heterocycles. The van der Waals surface area contributed by atoms with Crippen LogP contribution in [0.3, 0.4) is 0 Å². The summed E-state index contributed by atoms with van der Waals surface area (Å²) in [6, 6.07) is 3.60. The summed E-state index contributed by atoms with van der Waals surface area (Å²) in [6.45, 7) is 5.78. The largest absolute Gasteiger partial charge is 0.384 e. The van der Waals surface area contributed by atoms with Gasteiger partial charge >= 0.3 is 0 Å². The Morgan fingerprint density at radius 1 is 1.41 bits per heavy atom. The van der Waals surface area contributed by atoms with Crippen molar-refractivity contribution in [2.45, 2.75) is 13.8 Å². The molecule has 94 valence electrons. The minimum Gasteiger partial charge on any atom is -0.384 e. The molecule has 0 bridgehead atoms. The average molecular weight is 236 g/mol. The number of carbonyl (C=O) groups is 1. The molecule has 0 fully saturated rings. The van der Waals surface area contributed by atoms with Crippen molar-refractivity contribution in [3.05, 3.63) is 18.3 Å². The van der Waals surface area contributed by atoms with E-state index in [9.17, 15) is 4.79 Å². The molecule has 0 aliphatic carbocycles. The van der Waals surface area contributed by atoms with E-state index in [1.165, 1.54) is 0 Å². The van der Waals surface area contributed by atoms with Gasteiger partial charge in [0.15, 0.2) is 0 Å². The maximum absolute atomic E-state index is 11.9. The molecule has 1 heterocycles. The van der Waals surface area contributed by atoms with Crippen molar-refractivity contribution in [3.63, 3.8) is 0 Å². The van der Waals surface area contributed by atoms with Gasteiger partial charge in [0.1, 0.15) is 5.82 Å².